The van der Waals surface area contributed by atoms with Crippen LogP contribution in [0.25, 0.3) is 21.9 Å². The summed E-state index contributed by atoms with van der Waals surface area (Å²) in [5, 5.41) is 13.3. The van der Waals surface area contributed by atoms with Gasteiger partial charge in [-0.15, -0.1) is 0 Å². The van der Waals surface area contributed by atoms with Crippen LogP contribution in [0.5, 0.6) is 0 Å². The van der Waals surface area contributed by atoms with Crippen molar-refractivity contribution in [2.75, 3.05) is 33.4 Å². The number of hydrogen-bond donors (Lipinski definition) is 4. The quantitative estimate of drug-likeness (QED) is 0.0399. The number of urea groups is 1. The number of likely N-dealkylation sites (tertiary alicyclic amines) is 1. The molecule has 16 heteroatoms. The number of carbonyl (C=O) groups is 7. The fourth-order valence-corrected chi connectivity index (χ4v) is 10.3. The van der Waals surface area contributed by atoms with Crippen LogP contribution >= 0.6 is 0 Å². The van der Waals surface area contributed by atoms with Crippen LogP contribution in [0.3, 0.4) is 0 Å². The minimum absolute atomic E-state index is 0.0150. The molecule has 1 unspecified atom stereocenters. The third-order valence-electron chi connectivity index (χ3n) is 14.0. The standard InChI is InChI=1S/C58H73N5O11/c1-56(2,3)73-49(64)26-25-47(53(68)74-57(4,5)6)62-54(69)61-46(52(67)71-7)22-14-15-31-59-51(66)48(33-37-23-24-38-16-8-9-17-40(38)32-37)60-50(65)39-27-29-58(30-28-39)35-63(36-58)55(70)72-34-45-43-20-12-10-18-41(43)42-19-11-13-21-44(42)45/h8-13,16-21,23-24,32,39,45-48H,14-15,22,25-31,33-36H2,1-7H3,(H,59,66)(H,60,65)(H2,61,62,69)/t46?,47-,48-/m0/s1. The van der Waals surface area contributed by atoms with E-state index >= 15 is 0 Å². The fourth-order valence-electron chi connectivity index (χ4n) is 10.3. The molecule has 4 aromatic rings. The van der Waals surface area contributed by atoms with Gasteiger partial charge in [-0.25, -0.2) is 19.2 Å². The van der Waals surface area contributed by atoms with E-state index in [9.17, 15) is 33.6 Å². The van der Waals surface area contributed by atoms with Gasteiger partial charge in [0.2, 0.25) is 11.8 Å². The van der Waals surface area contributed by atoms with Crippen molar-refractivity contribution in [3.05, 3.63) is 108 Å². The van der Waals surface area contributed by atoms with Crippen molar-refractivity contribution in [1.29, 1.82) is 0 Å². The molecule has 74 heavy (non-hydrogen) atoms. The number of benzene rings is 4. The molecule has 7 rings (SSSR count). The number of fused-ring (bicyclic) bond motifs is 4. The molecule has 5 amide bonds. The maximum Gasteiger partial charge on any atom is 0.409 e. The third kappa shape index (κ3) is 14.6. The predicted molar refractivity (Wildman–Crippen MR) is 280 cm³/mol. The normalized spacial score (nSPS) is 16.3. The lowest BCUT2D eigenvalue weighted by Crippen LogP contribution is -2.60. The zero-order valence-corrected chi connectivity index (χ0v) is 43.9. The lowest BCUT2D eigenvalue weighted by atomic mass is 9.66. The molecule has 4 N–H and O–H groups in total. The first kappa shape index (κ1) is 54.8. The van der Waals surface area contributed by atoms with Crippen LogP contribution < -0.4 is 21.3 Å². The highest BCUT2D eigenvalue weighted by Gasteiger charge is 2.49. The van der Waals surface area contributed by atoms with E-state index in [4.69, 9.17) is 18.9 Å². The lowest BCUT2D eigenvalue weighted by Gasteiger charge is -2.52. The second-order valence-corrected chi connectivity index (χ2v) is 22.1. The molecule has 16 nitrogen and oxygen atoms in total. The summed E-state index contributed by atoms with van der Waals surface area (Å²) in [6, 6.07) is 26.4. The van der Waals surface area contributed by atoms with Crippen LogP contribution in [0.2, 0.25) is 0 Å². The Bertz CT molecular complexity index is 2630. The molecule has 3 aliphatic rings. The van der Waals surface area contributed by atoms with Crippen molar-refractivity contribution < 1.29 is 52.5 Å². The van der Waals surface area contributed by atoms with Gasteiger partial charge in [0.25, 0.3) is 0 Å². The average Bonchev–Trinajstić information content (AvgIpc) is 3.67. The molecule has 2 fully saturated rings. The summed E-state index contributed by atoms with van der Waals surface area (Å²) in [5.41, 5.74) is 3.90. The van der Waals surface area contributed by atoms with Gasteiger partial charge in [0, 0.05) is 49.7 Å². The number of ether oxygens (including phenoxy) is 4. The number of carbonyl (C=O) groups excluding carboxylic acids is 7. The number of amides is 5. The smallest absolute Gasteiger partial charge is 0.409 e. The SMILES string of the molecule is COC(=O)C(CCCCNC(=O)[C@H](Cc1ccc2ccccc2c1)NC(=O)C1CCC2(CC1)CN(C(=O)OCC1c3ccccc3-c3ccccc31)C2)NC(=O)N[C@@H](CCC(=O)OC(C)(C)C)C(=O)OC(C)(C)C. The van der Waals surface area contributed by atoms with Gasteiger partial charge in [0.05, 0.1) is 7.11 Å². The Morgan fingerprint density at radius 2 is 1.27 bits per heavy atom. The average molecular weight is 1020 g/mol. The zero-order valence-electron chi connectivity index (χ0n) is 43.9. The summed E-state index contributed by atoms with van der Waals surface area (Å²) in [6.07, 6.45) is 3.46. The van der Waals surface area contributed by atoms with Gasteiger partial charge in [0.1, 0.15) is 35.9 Å². The highest BCUT2D eigenvalue weighted by atomic mass is 16.6. The van der Waals surface area contributed by atoms with Crippen molar-refractivity contribution in [2.45, 2.75) is 141 Å². The topological polar surface area (TPSA) is 208 Å². The first-order valence-corrected chi connectivity index (χ1v) is 25.9. The largest absolute Gasteiger partial charge is 0.467 e. The molecule has 3 atom stereocenters. The number of methoxy groups -OCH3 is 1. The van der Waals surface area contributed by atoms with Crippen molar-refractivity contribution in [3.63, 3.8) is 0 Å². The van der Waals surface area contributed by atoms with E-state index in [2.05, 4.69) is 45.5 Å². The molecule has 0 aromatic heterocycles. The van der Waals surface area contributed by atoms with Crippen LogP contribution in [0, 0.1) is 11.3 Å². The van der Waals surface area contributed by atoms with Crippen molar-refractivity contribution in [3.8, 4) is 11.1 Å². The van der Waals surface area contributed by atoms with Crippen molar-refractivity contribution in [1.82, 2.24) is 26.2 Å². The molecule has 0 radical (unpaired) electrons. The Morgan fingerprint density at radius 1 is 0.676 bits per heavy atom. The zero-order chi connectivity index (χ0) is 53.2. The minimum atomic E-state index is -1.22. The number of esters is 3. The molecular formula is C58H73N5O11. The van der Waals surface area contributed by atoms with Gasteiger partial charge in [-0.3, -0.25) is 14.4 Å². The van der Waals surface area contributed by atoms with Crippen molar-refractivity contribution >= 4 is 52.6 Å². The highest BCUT2D eigenvalue weighted by molar-refractivity contribution is 5.90. The summed E-state index contributed by atoms with van der Waals surface area (Å²) >= 11 is 0. The predicted octanol–water partition coefficient (Wildman–Crippen LogP) is 8.27. The summed E-state index contributed by atoms with van der Waals surface area (Å²) in [4.78, 5) is 94.7. The Morgan fingerprint density at radius 3 is 1.89 bits per heavy atom. The highest BCUT2D eigenvalue weighted by Crippen LogP contribution is 2.47. The molecule has 0 bridgehead atoms. The molecule has 1 saturated heterocycles. The van der Waals surface area contributed by atoms with Gasteiger partial charge < -0.3 is 45.1 Å². The fraction of sp³-hybridized carbons (Fsp3) is 0.500. The number of hydrogen-bond acceptors (Lipinski definition) is 11. The molecule has 2 aliphatic carbocycles. The maximum absolute atomic E-state index is 14.0. The van der Waals surface area contributed by atoms with E-state index in [0.29, 0.717) is 38.8 Å². The molecule has 1 heterocycles. The Kier molecular flexibility index (Phi) is 17.7. The molecule has 1 spiro atoms. The van der Waals surface area contributed by atoms with E-state index in [-0.39, 0.29) is 74.0 Å². The van der Waals surface area contributed by atoms with Gasteiger partial charge >= 0.3 is 30.0 Å². The van der Waals surface area contributed by atoms with E-state index in [1.807, 2.05) is 66.7 Å². The van der Waals surface area contributed by atoms with Gasteiger partial charge in [-0.05, 0) is 131 Å². The maximum atomic E-state index is 14.0. The van der Waals surface area contributed by atoms with Crippen LogP contribution in [-0.4, -0.2) is 109 Å². The second kappa shape index (κ2) is 23.9. The van der Waals surface area contributed by atoms with E-state index < -0.39 is 53.3 Å². The van der Waals surface area contributed by atoms with E-state index in [1.54, 1.807) is 46.4 Å². The van der Waals surface area contributed by atoms with Crippen LogP contribution in [0.15, 0.2) is 91.0 Å². The summed E-state index contributed by atoms with van der Waals surface area (Å²) in [6.45, 7) is 11.9. The van der Waals surface area contributed by atoms with Crippen LogP contribution in [-0.2, 0) is 49.3 Å². The summed E-state index contributed by atoms with van der Waals surface area (Å²) in [5.74, 6) is -2.84. The first-order valence-electron chi connectivity index (χ1n) is 25.9. The Hall–Kier alpha value is -6.97. The monoisotopic (exact) mass is 1020 g/mol. The molecule has 4 aromatic carbocycles. The number of nitrogens with zero attached hydrogens (tertiary/aromatic N) is 1. The minimum Gasteiger partial charge on any atom is -0.467 e. The second-order valence-electron chi connectivity index (χ2n) is 22.1. The Labute approximate surface area is 434 Å². The molecule has 1 aliphatic heterocycles. The van der Waals surface area contributed by atoms with E-state index in [1.165, 1.54) is 29.4 Å². The van der Waals surface area contributed by atoms with Crippen LogP contribution in [0.1, 0.15) is 122 Å². The van der Waals surface area contributed by atoms with Crippen LogP contribution in [0.4, 0.5) is 9.59 Å². The lowest BCUT2D eigenvalue weighted by molar-refractivity contribution is -0.158. The van der Waals surface area contributed by atoms with Gasteiger partial charge in [0.15, 0.2) is 0 Å². The summed E-state index contributed by atoms with van der Waals surface area (Å²) in [7, 11) is 1.20. The van der Waals surface area contributed by atoms with Gasteiger partial charge in [-0.2, -0.15) is 0 Å². The summed E-state index contributed by atoms with van der Waals surface area (Å²) < 4.78 is 21.8. The Balaban J connectivity index is 0.893. The molecular weight excluding hydrogens is 943 g/mol. The van der Waals surface area contributed by atoms with Gasteiger partial charge in [-0.1, -0.05) is 91.0 Å². The third-order valence-corrected chi connectivity index (χ3v) is 14.0. The molecule has 396 valence electrons. The first-order chi connectivity index (χ1) is 35.2. The number of rotatable bonds is 19. The molecule has 1 saturated carbocycles. The number of unbranched alkanes of at least 4 members (excludes halogenated alkanes) is 1. The van der Waals surface area contributed by atoms with E-state index in [0.717, 1.165) is 29.2 Å². The number of nitrogens with one attached hydrogen (secondary N) is 4. The van der Waals surface area contributed by atoms with Crippen molar-refractivity contribution in [2.24, 2.45) is 11.3 Å².